The third kappa shape index (κ3) is 5.96. The van der Waals surface area contributed by atoms with Gasteiger partial charge in [0, 0.05) is 44.0 Å². The maximum atomic E-state index is 13.0. The van der Waals surface area contributed by atoms with E-state index in [4.69, 9.17) is 0 Å². The molecule has 2 aromatic rings. The second-order valence-corrected chi connectivity index (χ2v) is 9.00. The van der Waals surface area contributed by atoms with Gasteiger partial charge in [0.1, 0.15) is 0 Å². The van der Waals surface area contributed by atoms with Crippen molar-refractivity contribution >= 4 is 29.3 Å². The lowest BCUT2D eigenvalue weighted by Crippen LogP contribution is -2.21. The quantitative estimate of drug-likeness (QED) is 0.402. The van der Waals surface area contributed by atoms with E-state index in [1.807, 2.05) is 0 Å². The normalized spacial score (nSPS) is 16.5. The Balaban J connectivity index is 1.74. The molecule has 0 bridgehead atoms. The van der Waals surface area contributed by atoms with E-state index in [0.29, 0.717) is 6.42 Å². The third-order valence-corrected chi connectivity index (χ3v) is 6.91. The summed E-state index contributed by atoms with van der Waals surface area (Å²) in [6, 6.07) is 13.2. The lowest BCUT2D eigenvalue weighted by atomic mass is 9.86. The fraction of sp³-hybridized carbons (Fsp3) is 0.433. The molecule has 1 aliphatic carbocycles. The first-order valence-corrected chi connectivity index (χ1v) is 12.5. The minimum atomic E-state index is 0.261. The topological polar surface area (TPSA) is 23.6 Å². The fourth-order valence-corrected chi connectivity index (χ4v) is 4.74. The second kappa shape index (κ2) is 11.4. The number of aryl methyl sites for hydroxylation is 2. The first kappa shape index (κ1) is 24.8. The number of anilines is 2. The van der Waals surface area contributed by atoms with Gasteiger partial charge in [0.05, 0.1) is 0 Å². The molecular weight excluding hydrogens is 404 g/mol. The van der Waals surface area contributed by atoms with E-state index in [-0.39, 0.29) is 5.78 Å². The summed E-state index contributed by atoms with van der Waals surface area (Å²) in [7, 11) is 0. The Morgan fingerprint density at radius 3 is 1.64 bits per heavy atom. The van der Waals surface area contributed by atoms with Crippen molar-refractivity contribution in [2.75, 3.05) is 36.0 Å². The monoisotopic (exact) mass is 444 g/mol. The van der Waals surface area contributed by atoms with Gasteiger partial charge in [-0.2, -0.15) is 0 Å². The Morgan fingerprint density at radius 1 is 0.727 bits per heavy atom. The lowest BCUT2D eigenvalue weighted by Gasteiger charge is -2.22. The molecule has 2 aromatic carbocycles. The van der Waals surface area contributed by atoms with Crippen LogP contribution >= 0.6 is 0 Å². The molecule has 0 heterocycles. The van der Waals surface area contributed by atoms with Crippen LogP contribution < -0.4 is 9.80 Å². The van der Waals surface area contributed by atoms with Crippen molar-refractivity contribution in [1.29, 1.82) is 0 Å². The van der Waals surface area contributed by atoms with E-state index in [1.165, 1.54) is 33.6 Å². The van der Waals surface area contributed by atoms with Crippen LogP contribution in [0.3, 0.4) is 0 Å². The Hall–Kier alpha value is -2.81. The summed E-state index contributed by atoms with van der Waals surface area (Å²) in [5.41, 5.74) is 9.60. The van der Waals surface area contributed by atoms with Crippen LogP contribution in [0, 0.1) is 13.8 Å². The van der Waals surface area contributed by atoms with Gasteiger partial charge in [0.2, 0.25) is 0 Å². The van der Waals surface area contributed by atoms with Crippen LogP contribution in [0.15, 0.2) is 47.5 Å². The number of allylic oxidation sites excluding steroid dienone is 2. The van der Waals surface area contributed by atoms with Crippen molar-refractivity contribution in [2.24, 2.45) is 0 Å². The third-order valence-electron chi connectivity index (χ3n) is 6.91. The van der Waals surface area contributed by atoms with Gasteiger partial charge in [-0.15, -0.1) is 0 Å². The average molecular weight is 445 g/mol. The number of hydrogen-bond acceptors (Lipinski definition) is 3. The van der Waals surface area contributed by atoms with Gasteiger partial charge < -0.3 is 9.80 Å². The molecule has 1 aliphatic rings. The van der Waals surface area contributed by atoms with Crippen molar-refractivity contribution in [3.63, 3.8) is 0 Å². The first-order chi connectivity index (χ1) is 15.9. The summed E-state index contributed by atoms with van der Waals surface area (Å²) in [5.74, 6) is 0.261. The molecule has 1 fully saturated rings. The molecule has 33 heavy (non-hydrogen) atoms. The van der Waals surface area contributed by atoms with Crippen molar-refractivity contribution in [1.82, 2.24) is 0 Å². The zero-order chi connectivity index (χ0) is 24.0. The maximum absolute atomic E-state index is 13.0. The number of benzene rings is 2. The van der Waals surface area contributed by atoms with Crippen LogP contribution in [0.2, 0.25) is 0 Å². The number of carbonyl (C=O) groups excluding carboxylic acids is 1. The Labute approximate surface area is 200 Å². The Kier molecular flexibility index (Phi) is 8.55. The molecule has 0 N–H and O–H groups in total. The molecule has 0 saturated heterocycles. The predicted molar refractivity (Wildman–Crippen MR) is 144 cm³/mol. The van der Waals surface area contributed by atoms with Crippen LogP contribution in [0.1, 0.15) is 69.2 Å². The summed E-state index contributed by atoms with van der Waals surface area (Å²) in [6.45, 7) is 17.1. The number of rotatable bonds is 8. The number of hydrogen-bond donors (Lipinski definition) is 0. The second-order valence-electron chi connectivity index (χ2n) is 9.00. The molecular formula is C30H40N2O. The van der Waals surface area contributed by atoms with Crippen LogP contribution in [-0.2, 0) is 4.79 Å². The van der Waals surface area contributed by atoms with E-state index in [9.17, 15) is 4.79 Å². The van der Waals surface area contributed by atoms with Gasteiger partial charge in [-0.25, -0.2) is 0 Å². The standard InChI is InChI=1S/C30H40N2O/c1-7-31(8-2)28-15-13-25(22(5)17-28)19-24-11-12-27(30(33)20-24)21-26-14-16-29(18-23(26)6)32(9-3)10-4/h13-19,21H,7-12,20H2,1-6H3/b24-19+,27-21+. The highest BCUT2D eigenvalue weighted by Crippen LogP contribution is 2.31. The van der Waals surface area contributed by atoms with Gasteiger partial charge >= 0.3 is 0 Å². The average Bonchev–Trinajstić information content (AvgIpc) is 2.80. The Bertz CT molecular complexity index is 1040. The summed E-state index contributed by atoms with van der Waals surface area (Å²) in [6.07, 6.45) is 6.65. The Morgan fingerprint density at radius 2 is 1.21 bits per heavy atom. The van der Waals surface area contributed by atoms with E-state index in [0.717, 1.165) is 50.2 Å². The zero-order valence-electron chi connectivity index (χ0n) is 21.4. The molecule has 3 rings (SSSR count). The number of ketones is 1. The van der Waals surface area contributed by atoms with E-state index < -0.39 is 0 Å². The molecule has 0 unspecified atom stereocenters. The van der Waals surface area contributed by atoms with Crippen molar-refractivity contribution < 1.29 is 4.79 Å². The summed E-state index contributed by atoms with van der Waals surface area (Å²) in [4.78, 5) is 17.7. The molecule has 3 nitrogen and oxygen atoms in total. The van der Waals surface area contributed by atoms with Gasteiger partial charge in [-0.1, -0.05) is 23.8 Å². The molecule has 176 valence electrons. The van der Waals surface area contributed by atoms with E-state index >= 15 is 0 Å². The number of Topliss-reactive ketones (excluding diaryl/α,β-unsaturated/α-hetero) is 1. The van der Waals surface area contributed by atoms with E-state index in [1.54, 1.807) is 0 Å². The summed E-state index contributed by atoms with van der Waals surface area (Å²) >= 11 is 0. The molecule has 1 saturated carbocycles. The molecule has 0 aromatic heterocycles. The number of carbonyl (C=O) groups is 1. The predicted octanol–water partition coefficient (Wildman–Crippen LogP) is 7.22. The minimum absolute atomic E-state index is 0.261. The van der Waals surface area contributed by atoms with Crippen LogP contribution in [-0.4, -0.2) is 32.0 Å². The summed E-state index contributed by atoms with van der Waals surface area (Å²) < 4.78 is 0. The van der Waals surface area contributed by atoms with Gasteiger partial charge in [-0.3, -0.25) is 4.79 Å². The summed E-state index contributed by atoms with van der Waals surface area (Å²) in [5, 5.41) is 0. The zero-order valence-corrected chi connectivity index (χ0v) is 21.4. The highest BCUT2D eigenvalue weighted by molar-refractivity contribution is 6.02. The largest absolute Gasteiger partial charge is 0.372 e. The lowest BCUT2D eigenvalue weighted by molar-refractivity contribution is -0.115. The minimum Gasteiger partial charge on any atom is -0.372 e. The van der Waals surface area contributed by atoms with Crippen LogP contribution in [0.25, 0.3) is 12.2 Å². The van der Waals surface area contributed by atoms with Gasteiger partial charge in [0.15, 0.2) is 5.78 Å². The molecule has 0 amide bonds. The highest BCUT2D eigenvalue weighted by Gasteiger charge is 2.19. The molecule has 0 atom stereocenters. The fourth-order valence-electron chi connectivity index (χ4n) is 4.74. The van der Waals surface area contributed by atoms with Crippen molar-refractivity contribution in [3.8, 4) is 0 Å². The molecule has 3 heteroatoms. The van der Waals surface area contributed by atoms with Crippen molar-refractivity contribution in [3.05, 3.63) is 69.8 Å². The number of nitrogens with zero attached hydrogens (tertiary/aromatic N) is 2. The smallest absolute Gasteiger partial charge is 0.162 e. The first-order valence-electron chi connectivity index (χ1n) is 12.5. The SMILES string of the molecule is CCN(CC)c1ccc(/C=C2\CC/C(=C\c3ccc(N(CC)CC)cc3C)C(=O)C2)c(C)c1. The highest BCUT2D eigenvalue weighted by atomic mass is 16.1. The molecule has 0 aliphatic heterocycles. The molecule has 0 spiro atoms. The van der Waals surface area contributed by atoms with Crippen LogP contribution in [0.4, 0.5) is 11.4 Å². The van der Waals surface area contributed by atoms with Gasteiger partial charge in [-0.05, 0) is 113 Å². The van der Waals surface area contributed by atoms with E-state index in [2.05, 4.69) is 99.9 Å². The van der Waals surface area contributed by atoms with Crippen LogP contribution in [0.5, 0.6) is 0 Å². The van der Waals surface area contributed by atoms with Gasteiger partial charge in [0.25, 0.3) is 0 Å². The van der Waals surface area contributed by atoms with Crippen molar-refractivity contribution in [2.45, 2.75) is 60.8 Å². The molecule has 0 radical (unpaired) electrons. The maximum Gasteiger partial charge on any atom is 0.162 e.